The lowest BCUT2D eigenvalue weighted by molar-refractivity contribution is -0.144. The maximum atomic E-state index is 12.3. The number of hydrogen-bond acceptors (Lipinski definition) is 4. The Morgan fingerprint density at radius 1 is 1.08 bits per heavy atom. The topological polar surface area (TPSA) is 86.8 Å². The summed E-state index contributed by atoms with van der Waals surface area (Å²) in [7, 11) is 0. The molecule has 0 bridgehead atoms. The van der Waals surface area contributed by atoms with Gasteiger partial charge in [0.05, 0.1) is 6.04 Å². The Morgan fingerprint density at radius 2 is 1.73 bits per heavy atom. The summed E-state index contributed by atoms with van der Waals surface area (Å²) in [6.45, 7) is 3.12. The van der Waals surface area contributed by atoms with Gasteiger partial charge in [0.15, 0.2) is 0 Å². The van der Waals surface area contributed by atoms with Crippen molar-refractivity contribution in [3.05, 3.63) is 34.9 Å². The molecule has 1 aromatic rings. The van der Waals surface area contributed by atoms with Gasteiger partial charge in [0.25, 0.3) is 0 Å². The first-order chi connectivity index (χ1) is 12.4. The molecule has 0 saturated carbocycles. The number of benzene rings is 1. The first-order valence-corrected chi connectivity index (χ1v) is 9.00. The number of nitrogens with zero attached hydrogens (tertiary/aromatic N) is 2. The molecule has 1 aliphatic carbocycles. The second kappa shape index (κ2) is 7.27. The second-order valence-electron chi connectivity index (χ2n) is 6.75. The fourth-order valence-electron chi connectivity index (χ4n) is 3.51. The maximum Gasteiger partial charge on any atom is 0.334 e. The molecule has 0 unspecified atom stereocenters. The highest BCUT2D eigenvalue weighted by atomic mass is 16.2. The van der Waals surface area contributed by atoms with Crippen molar-refractivity contribution in [3.63, 3.8) is 0 Å². The Balaban J connectivity index is 1.64. The van der Waals surface area contributed by atoms with Crippen molar-refractivity contribution in [1.29, 1.82) is 0 Å². The Bertz CT molecular complexity index is 774. The Hall–Kier alpha value is -2.70. The minimum absolute atomic E-state index is 0.104. The van der Waals surface area contributed by atoms with Gasteiger partial charge < -0.3 is 5.32 Å². The first kappa shape index (κ1) is 18.1. The van der Waals surface area contributed by atoms with Gasteiger partial charge in [-0.05, 0) is 56.2 Å². The molecule has 1 N–H and O–H groups in total. The van der Waals surface area contributed by atoms with Gasteiger partial charge in [-0.25, -0.2) is 9.69 Å². The molecule has 26 heavy (non-hydrogen) atoms. The second-order valence-corrected chi connectivity index (χ2v) is 6.75. The smallest absolute Gasteiger partial charge is 0.334 e. The molecule has 1 aliphatic heterocycles. The van der Waals surface area contributed by atoms with Crippen LogP contribution in [0.5, 0.6) is 0 Å². The Kier molecular flexibility index (Phi) is 5.06. The molecule has 1 atom stereocenters. The number of imide groups is 2. The van der Waals surface area contributed by atoms with Crippen LogP contribution in [0.25, 0.3) is 0 Å². The molecular weight excluding hydrogens is 334 g/mol. The van der Waals surface area contributed by atoms with Gasteiger partial charge in [0.1, 0.15) is 6.54 Å². The number of nitrogens with one attached hydrogen (secondary N) is 1. The zero-order valence-electron chi connectivity index (χ0n) is 15.1. The van der Waals surface area contributed by atoms with Crippen molar-refractivity contribution < 1.29 is 19.2 Å². The van der Waals surface area contributed by atoms with Crippen LogP contribution in [0.1, 0.15) is 49.4 Å². The molecule has 1 fully saturated rings. The van der Waals surface area contributed by atoms with E-state index in [4.69, 9.17) is 0 Å². The first-order valence-electron chi connectivity index (χ1n) is 9.00. The molecule has 0 spiro atoms. The molecule has 2 aliphatic rings. The summed E-state index contributed by atoms with van der Waals surface area (Å²) in [5.41, 5.74) is 3.68. The van der Waals surface area contributed by atoms with Crippen LogP contribution >= 0.6 is 0 Å². The van der Waals surface area contributed by atoms with Gasteiger partial charge in [-0.3, -0.25) is 19.3 Å². The van der Waals surface area contributed by atoms with Crippen molar-refractivity contribution in [2.45, 2.75) is 45.6 Å². The average molecular weight is 357 g/mol. The molecule has 1 saturated heterocycles. The highest BCUT2D eigenvalue weighted by Crippen LogP contribution is 2.24. The molecule has 7 nitrogen and oxygen atoms in total. The fraction of sp³-hybridized carbons (Fsp3) is 0.474. The number of urea groups is 1. The summed E-state index contributed by atoms with van der Waals surface area (Å²) in [5.74, 6) is -2.30. The normalized spacial score (nSPS) is 18.2. The largest absolute Gasteiger partial charge is 0.348 e. The predicted molar refractivity (Wildman–Crippen MR) is 94.1 cm³/mol. The van der Waals surface area contributed by atoms with E-state index in [1.54, 1.807) is 6.92 Å². The Morgan fingerprint density at radius 3 is 2.38 bits per heavy atom. The van der Waals surface area contributed by atoms with Gasteiger partial charge in [0, 0.05) is 6.54 Å². The molecule has 0 radical (unpaired) electrons. The molecule has 138 valence electrons. The van der Waals surface area contributed by atoms with Crippen molar-refractivity contribution in [2.24, 2.45) is 0 Å². The SMILES string of the molecule is CCN1C(=O)C(=O)N(CC(=O)N[C@H](C)c2ccc3c(c2)CCCC3)C1=O. The van der Waals surface area contributed by atoms with Crippen LogP contribution in [0.2, 0.25) is 0 Å². The summed E-state index contributed by atoms with van der Waals surface area (Å²) in [6.07, 6.45) is 4.54. The van der Waals surface area contributed by atoms with Crippen LogP contribution in [0.15, 0.2) is 18.2 Å². The van der Waals surface area contributed by atoms with Crippen LogP contribution in [0, 0.1) is 0 Å². The van der Waals surface area contributed by atoms with E-state index < -0.39 is 30.3 Å². The number of carbonyl (C=O) groups is 4. The van der Waals surface area contributed by atoms with Crippen molar-refractivity contribution in [2.75, 3.05) is 13.1 Å². The summed E-state index contributed by atoms with van der Waals surface area (Å²) in [6, 6.07) is 5.25. The number of rotatable bonds is 5. The van der Waals surface area contributed by atoms with Gasteiger partial charge in [-0.2, -0.15) is 0 Å². The monoisotopic (exact) mass is 357 g/mol. The molecule has 1 aromatic carbocycles. The highest BCUT2D eigenvalue weighted by molar-refractivity contribution is 6.45. The van der Waals surface area contributed by atoms with Crippen molar-refractivity contribution in [3.8, 4) is 0 Å². The molecule has 1 heterocycles. The van der Waals surface area contributed by atoms with E-state index in [1.165, 1.54) is 24.0 Å². The lowest BCUT2D eigenvalue weighted by Crippen LogP contribution is -2.42. The number of hydrogen-bond donors (Lipinski definition) is 1. The fourth-order valence-corrected chi connectivity index (χ4v) is 3.51. The maximum absolute atomic E-state index is 12.3. The van der Waals surface area contributed by atoms with Gasteiger partial charge >= 0.3 is 17.8 Å². The molecule has 3 rings (SSSR count). The van der Waals surface area contributed by atoms with Crippen LogP contribution < -0.4 is 5.32 Å². The van der Waals surface area contributed by atoms with Crippen LogP contribution in [-0.4, -0.2) is 46.6 Å². The highest BCUT2D eigenvalue weighted by Gasteiger charge is 2.44. The van der Waals surface area contributed by atoms with E-state index in [1.807, 2.05) is 13.0 Å². The van der Waals surface area contributed by atoms with E-state index in [9.17, 15) is 19.2 Å². The third kappa shape index (κ3) is 3.34. The Labute approximate surface area is 152 Å². The number of fused-ring (bicyclic) bond motifs is 1. The molecule has 7 heteroatoms. The van der Waals surface area contributed by atoms with Crippen molar-refractivity contribution in [1.82, 2.24) is 15.1 Å². The van der Waals surface area contributed by atoms with Crippen molar-refractivity contribution >= 4 is 23.8 Å². The third-order valence-corrected chi connectivity index (χ3v) is 5.00. The predicted octanol–water partition coefficient (Wildman–Crippen LogP) is 1.55. The van der Waals surface area contributed by atoms with Gasteiger partial charge in [-0.1, -0.05) is 18.2 Å². The number of carbonyl (C=O) groups excluding carboxylic acids is 4. The summed E-state index contributed by atoms with van der Waals surface area (Å²) in [4.78, 5) is 49.4. The minimum Gasteiger partial charge on any atom is -0.348 e. The number of aryl methyl sites for hydroxylation is 2. The summed E-state index contributed by atoms with van der Waals surface area (Å²) >= 11 is 0. The lowest BCUT2D eigenvalue weighted by Gasteiger charge is -2.21. The van der Waals surface area contributed by atoms with E-state index in [-0.39, 0.29) is 12.6 Å². The standard InChI is InChI=1S/C19H23N3O4/c1-3-21-17(24)18(25)22(19(21)26)11-16(23)20-12(2)14-9-8-13-6-4-5-7-15(13)10-14/h8-10,12H,3-7,11H2,1-2H3,(H,20,23)/t12-/m1/s1. The van der Waals surface area contributed by atoms with E-state index in [0.717, 1.165) is 23.3 Å². The minimum atomic E-state index is -0.951. The van der Waals surface area contributed by atoms with Gasteiger partial charge in [-0.15, -0.1) is 0 Å². The lowest BCUT2D eigenvalue weighted by atomic mass is 9.89. The molecular formula is C19H23N3O4. The summed E-state index contributed by atoms with van der Waals surface area (Å²) in [5, 5.41) is 2.80. The number of likely N-dealkylation sites (N-methyl/N-ethyl adjacent to an activating group) is 1. The number of amides is 5. The van der Waals surface area contributed by atoms with E-state index in [2.05, 4.69) is 17.4 Å². The molecule has 5 amide bonds. The zero-order valence-corrected chi connectivity index (χ0v) is 15.1. The van der Waals surface area contributed by atoms with Crippen LogP contribution in [-0.2, 0) is 27.2 Å². The zero-order chi connectivity index (χ0) is 18.8. The van der Waals surface area contributed by atoms with Crippen LogP contribution in [0.4, 0.5) is 4.79 Å². The van der Waals surface area contributed by atoms with Crippen LogP contribution in [0.3, 0.4) is 0 Å². The summed E-state index contributed by atoms with van der Waals surface area (Å²) < 4.78 is 0. The quantitative estimate of drug-likeness (QED) is 0.640. The average Bonchev–Trinajstić information content (AvgIpc) is 2.84. The van der Waals surface area contributed by atoms with Gasteiger partial charge in [0.2, 0.25) is 5.91 Å². The molecule has 0 aromatic heterocycles. The van der Waals surface area contributed by atoms with E-state index >= 15 is 0 Å². The van der Waals surface area contributed by atoms with E-state index in [0.29, 0.717) is 4.90 Å². The third-order valence-electron chi connectivity index (χ3n) is 5.00.